The Hall–Kier alpha value is -3.24. The lowest BCUT2D eigenvalue weighted by Crippen LogP contribution is -2.25. The van der Waals surface area contributed by atoms with Crippen molar-refractivity contribution in [3.8, 4) is 11.8 Å². The van der Waals surface area contributed by atoms with E-state index in [0.717, 1.165) is 10.6 Å². The van der Waals surface area contributed by atoms with E-state index in [-0.39, 0.29) is 5.91 Å². The molecule has 3 N–H and O–H groups in total. The second-order valence-corrected chi connectivity index (χ2v) is 8.71. The van der Waals surface area contributed by atoms with E-state index in [0.29, 0.717) is 47.3 Å². The summed E-state index contributed by atoms with van der Waals surface area (Å²) >= 11 is 1.67. The van der Waals surface area contributed by atoms with Crippen molar-refractivity contribution in [2.45, 2.75) is 36.8 Å². The van der Waals surface area contributed by atoms with Crippen LogP contribution in [0.5, 0.6) is 0 Å². The second-order valence-electron chi connectivity index (χ2n) is 7.09. The topological polar surface area (TPSA) is 96.7 Å². The normalized spacial score (nSPS) is 10.7. The summed E-state index contributed by atoms with van der Waals surface area (Å²) in [7, 11) is 0. The first kappa shape index (κ1) is 21.5. The summed E-state index contributed by atoms with van der Waals surface area (Å²) in [5.74, 6) is 0.246. The van der Waals surface area contributed by atoms with Gasteiger partial charge in [-0.25, -0.2) is 4.68 Å². The molecule has 30 heavy (non-hydrogen) atoms. The molecule has 0 aliphatic carbocycles. The van der Waals surface area contributed by atoms with Gasteiger partial charge in [0.2, 0.25) is 0 Å². The summed E-state index contributed by atoms with van der Waals surface area (Å²) in [6.45, 7) is 4.70. The molecule has 0 aliphatic rings. The third kappa shape index (κ3) is 5.02. The van der Waals surface area contributed by atoms with Crippen LogP contribution in [0, 0.1) is 11.3 Å². The maximum absolute atomic E-state index is 12.6. The molecule has 0 spiro atoms. The quantitative estimate of drug-likeness (QED) is 0.421. The first-order chi connectivity index (χ1) is 14.5. The van der Waals surface area contributed by atoms with Crippen molar-refractivity contribution in [3.63, 3.8) is 0 Å². The Morgan fingerprint density at radius 1 is 1.20 bits per heavy atom. The molecule has 1 aromatic heterocycles. The third-order valence-corrected chi connectivity index (χ3v) is 5.56. The Morgan fingerprint density at radius 3 is 2.60 bits per heavy atom. The predicted octanol–water partition coefficient (Wildman–Crippen LogP) is 4.19. The van der Waals surface area contributed by atoms with E-state index in [1.807, 2.05) is 54.6 Å². The smallest absolute Gasteiger partial charge is 0.252 e. The fraction of sp³-hybridized carbons (Fsp3) is 0.261. The van der Waals surface area contributed by atoms with Crippen LogP contribution in [-0.2, 0) is 6.42 Å². The molecular formula is C23H25N5OS. The number of rotatable bonds is 8. The number of amides is 1. The number of nitrogens with two attached hydrogens (primary N) is 1. The van der Waals surface area contributed by atoms with Gasteiger partial charge in [0.25, 0.3) is 5.91 Å². The van der Waals surface area contributed by atoms with Crippen molar-refractivity contribution in [3.05, 3.63) is 71.4 Å². The summed E-state index contributed by atoms with van der Waals surface area (Å²) in [5.41, 5.74) is 8.67. The van der Waals surface area contributed by atoms with Gasteiger partial charge >= 0.3 is 0 Å². The van der Waals surface area contributed by atoms with Gasteiger partial charge in [0.15, 0.2) is 0 Å². The van der Waals surface area contributed by atoms with Crippen LogP contribution in [0.15, 0.2) is 59.5 Å². The zero-order valence-corrected chi connectivity index (χ0v) is 17.9. The number of nitrogens with one attached hydrogen (secondary N) is 1. The third-order valence-electron chi connectivity index (χ3n) is 4.48. The summed E-state index contributed by atoms with van der Waals surface area (Å²) in [6, 6.07) is 19.3. The van der Waals surface area contributed by atoms with E-state index in [1.54, 1.807) is 16.4 Å². The molecule has 0 unspecified atom stereocenters. The zero-order chi connectivity index (χ0) is 21.5. The average Bonchev–Trinajstić information content (AvgIpc) is 3.07. The molecule has 1 amide bonds. The molecule has 2 aromatic carbocycles. The molecule has 0 radical (unpaired) electrons. The van der Waals surface area contributed by atoms with Crippen LogP contribution in [0.25, 0.3) is 5.69 Å². The lowest BCUT2D eigenvalue weighted by Gasteiger charge is -2.11. The SMILES string of the molecule is CC(C)Sc1ccccc1C(=O)NCCCc1nn(-c2ccccc2)c(N)c1C#N. The van der Waals surface area contributed by atoms with Crippen LogP contribution in [0.4, 0.5) is 5.82 Å². The minimum absolute atomic E-state index is 0.0893. The van der Waals surface area contributed by atoms with Gasteiger partial charge in [0.1, 0.15) is 17.5 Å². The molecule has 6 nitrogen and oxygen atoms in total. The number of nitrogen functional groups attached to an aromatic ring is 1. The fourth-order valence-electron chi connectivity index (χ4n) is 3.11. The van der Waals surface area contributed by atoms with Crippen molar-refractivity contribution >= 4 is 23.5 Å². The van der Waals surface area contributed by atoms with Crippen LogP contribution in [-0.4, -0.2) is 27.5 Å². The van der Waals surface area contributed by atoms with Gasteiger partial charge in [-0.1, -0.05) is 44.2 Å². The number of nitriles is 1. The minimum Gasteiger partial charge on any atom is -0.382 e. The van der Waals surface area contributed by atoms with Crippen LogP contribution in [0.3, 0.4) is 0 Å². The Morgan fingerprint density at radius 2 is 1.90 bits per heavy atom. The molecule has 0 aliphatic heterocycles. The van der Waals surface area contributed by atoms with Gasteiger partial charge in [-0.15, -0.1) is 11.8 Å². The summed E-state index contributed by atoms with van der Waals surface area (Å²) in [4.78, 5) is 13.6. The van der Waals surface area contributed by atoms with Gasteiger partial charge in [-0.2, -0.15) is 10.4 Å². The van der Waals surface area contributed by atoms with Gasteiger partial charge < -0.3 is 11.1 Å². The molecule has 0 atom stereocenters. The van der Waals surface area contributed by atoms with Crippen molar-refractivity contribution in [2.24, 2.45) is 0 Å². The molecule has 154 valence electrons. The standard InChI is InChI=1S/C23H25N5OS/c1-16(2)30-21-13-7-6-11-18(21)23(29)26-14-8-12-20-19(15-24)22(25)28(27-20)17-9-4-3-5-10-17/h3-7,9-11,13,16H,8,12,14,25H2,1-2H3,(H,26,29). The summed E-state index contributed by atoms with van der Waals surface area (Å²) in [6.07, 6.45) is 1.21. The number of thioether (sulfide) groups is 1. The lowest BCUT2D eigenvalue weighted by atomic mass is 10.1. The second kappa shape index (κ2) is 9.99. The van der Waals surface area contributed by atoms with E-state index in [2.05, 4.69) is 30.3 Å². The molecule has 7 heteroatoms. The maximum atomic E-state index is 12.6. The van der Waals surface area contributed by atoms with E-state index < -0.39 is 0 Å². The number of anilines is 1. The molecule has 3 aromatic rings. The van der Waals surface area contributed by atoms with E-state index in [4.69, 9.17) is 5.73 Å². The van der Waals surface area contributed by atoms with Gasteiger partial charge in [-0.3, -0.25) is 4.79 Å². The fourth-order valence-corrected chi connectivity index (χ4v) is 4.06. The predicted molar refractivity (Wildman–Crippen MR) is 121 cm³/mol. The van der Waals surface area contributed by atoms with Crippen LogP contribution in [0.1, 0.15) is 41.9 Å². The Kier molecular flexibility index (Phi) is 7.15. The van der Waals surface area contributed by atoms with Crippen molar-refractivity contribution in [2.75, 3.05) is 12.3 Å². The highest BCUT2D eigenvalue weighted by Crippen LogP contribution is 2.26. The zero-order valence-electron chi connectivity index (χ0n) is 17.1. The highest BCUT2D eigenvalue weighted by molar-refractivity contribution is 8.00. The average molecular weight is 420 g/mol. The highest BCUT2D eigenvalue weighted by atomic mass is 32.2. The lowest BCUT2D eigenvalue weighted by molar-refractivity contribution is 0.0950. The molecular weight excluding hydrogens is 394 g/mol. The number of para-hydroxylation sites is 1. The van der Waals surface area contributed by atoms with E-state index in [1.165, 1.54) is 0 Å². The van der Waals surface area contributed by atoms with E-state index in [9.17, 15) is 10.1 Å². The summed E-state index contributed by atoms with van der Waals surface area (Å²) < 4.78 is 1.59. The Balaban J connectivity index is 1.63. The number of hydrogen-bond acceptors (Lipinski definition) is 5. The van der Waals surface area contributed by atoms with E-state index >= 15 is 0 Å². The first-order valence-corrected chi connectivity index (χ1v) is 10.8. The van der Waals surface area contributed by atoms with Crippen LogP contribution in [0.2, 0.25) is 0 Å². The Bertz CT molecular complexity index is 1050. The highest BCUT2D eigenvalue weighted by Gasteiger charge is 2.17. The molecule has 3 rings (SSSR count). The van der Waals surface area contributed by atoms with Crippen LogP contribution < -0.4 is 11.1 Å². The molecule has 0 saturated heterocycles. The Labute approximate surface area is 181 Å². The van der Waals surface area contributed by atoms with Crippen LogP contribution >= 0.6 is 11.8 Å². The summed E-state index contributed by atoms with van der Waals surface area (Å²) in [5, 5.41) is 17.4. The van der Waals surface area contributed by atoms with Gasteiger partial charge in [0.05, 0.1) is 16.9 Å². The van der Waals surface area contributed by atoms with Gasteiger partial charge in [-0.05, 0) is 37.1 Å². The molecule has 0 fully saturated rings. The monoisotopic (exact) mass is 419 g/mol. The molecule has 0 bridgehead atoms. The number of carbonyl (C=O) groups excluding carboxylic acids is 1. The first-order valence-electron chi connectivity index (χ1n) is 9.88. The largest absolute Gasteiger partial charge is 0.382 e. The number of aromatic nitrogens is 2. The number of carbonyl (C=O) groups is 1. The van der Waals surface area contributed by atoms with Gasteiger partial charge in [0, 0.05) is 16.7 Å². The minimum atomic E-state index is -0.0893. The van der Waals surface area contributed by atoms with Crippen molar-refractivity contribution in [1.29, 1.82) is 5.26 Å². The number of hydrogen-bond donors (Lipinski definition) is 2. The number of aryl methyl sites for hydroxylation is 1. The van der Waals surface area contributed by atoms with Crippen molar-refractivity contribution < 1.29 is 4.79 Å². The number of nitrogens with zero attached hydrogens (tertiary/aromatic N) is 3. The van der Waals surface area contributed by atoms with Crippen molar-refractivity contribution in [1.82, 2.24) is 15.1 Å². The molecule has 1 heterocycles. The maximum Gasteiger partial charge on any atom is 0.252 e. The molecule has 0 saturated carbocycles. The number of benzene rings is 2.